The Labute approximate surface area is 120 Å². The lowest BCUT2D eigenvalue weighted by atomic mass is 10.0. The van der Waals surface area contributed by atoms with E-state index in [2.05, 4.69) is 35.1 Å². The highest BCUT2D eigenvalue weighted by molar-refractivity contribution is 5.86. The van der Waals surface area contributed by atoms with Crippen molar-refractivity contribution in [1.82, 2.24) is 9.88 Å². The molecule has 1 aliphatic heterocycles. The van der Waals surface area contributed by atoms with Gasteiger partial charge in [-0.25, -0.2) is 0 Å². The molecule has 0 saturated carbocycles. The van der Waals surface area contributed by atoms with Gasteiger partial charge in [0.25, 0.3) is 0 Å². The van der Waals surface area contributed by atoms with E-state index in [1.165, 1.54) is 27.6 Å². The molecule has 0 bridgehead atoms. The molecule has 0 radical (unpaired) electrons. The number of fused-ring (bicyclic) bond motifs is 2. The van der Waals surface area contributed by atoms with Gasteiger partial charge in [-0.05, 0) is 55.0 Å². The number of nitrogens with zero attached hydrogens (tertiary/aromatic N) is 1. The van der Waals surface area contributed by atoms with Gasteiger partial charge in [-0.2, -0.15) is 0 Å². The second-order valence-electron chi connectivity index (χ2n) is 5.98. The molecule has 108 valence electrons. The van der Waals surface area contributed by atoms with E-state index in [9.17, 15) is 5.11 Å². The van der Waals surface area contributed by atoms with Gasteiger partial charge in [0.1, 0.15) is 0 Å². The highest BCUT2D eigenvalue weighted by atomic mass is 16.3. The minimum absolute atomic E-state index is 0.226. The molecule has 2 aromatic rings. The van der Waals surface area contributed by atoms with Crippen molar-refractivity contribution >= 4 is 10.9 Å². The first-order valence-electron chi connectivity index (χ1n) is 7.71. The maximum atomic E-state index is 9.53. The van der Waals surface area contributed by atoms with Crippen LogP contribution < -0.4 is 5.32 Å². The van der Waals surface area contributed by atoms with E-state index in [1.807, 2.05) is 6.92 Å². The number of aliphatic hydroxyl groups is 1. The van der Waals surface area contributed by atoms with Crippen molar-refractivity contribution < 1.29 is 5.11 Å². The lowest BCUT2D eigenvalue weighted by Gasteiger charge is -2.05. The summed E-state index contributed by atoms with van der Waals surface area (Å²) in [5.74, 6) is 0. The Bertz CT molecular complexity index is 613. The van der Waals surface area contributed by atoms with Crippen LogP contribution in [0.5, 0.6) is 0 Å². The number of aryl methyl sites for hydroxylation is 2. The molecule has 3 rings (SSSR count). The zero-order chi connectivity index (χ0) is 14.1. The fraction of sp³-hybridized carbons (Fsp3) is 0.529. The number of benzene rings is 1. The number of hydrogen-bond donors (Lipinski definition) is 2. The number of hydrogen-bond acceptors (Lipinski definition) is 2. The van der Waals surface area contributed by atoms with Gasteiger partial charge >= 0.3 is 0 Å². The lowest BCUT2D eigenvalue weighted by Crippen LogP contribution is -2.01. The van der Waals surface area contributed by atoms with Gasteiger partial charge in [0.2, 0.25) is 0 Å². The molecule has 1 unspecified atom stereocenters. The Hall–Kier alpha value is -1.32. The minimum Gasteiger partial charge on any atom is -0.393 e. The van der Waals surface area contributed by atoms with Crippen LogP contribution in [0, 0.1) is 0 Å². The second-order valence-corrected chi connectivity index (χ2v) is 5.98. The minimum atomic E-state index is -0.226. The molecule has 3 nitrogen and oxygen atoms in total. The predicted octanol–water partition coefficient (Wildman–Crippen LogP) is 2.97. The molecule has 1 atom stereocenters. The average molecular weight is 272 g/mol. The summed E-state index contributed by atoms with van der Waals surface area (Å²) in [6, 6.07) is 4.71. The van der Waals surface area contributed by atoms with Crippen LogP contribution in [0.1, 0.15) is 43.4 Å². The van der Waals surface area contributed by atoms with Crippen molar-refractivity contribution in [3.05, 3.63) is 35.0 Å². The first-order chi connectivity index (χ1) is 9.69. The van der Waals surface area contributed by atoms with Crippen LogP contribution in [0.3, 0.4) is 0 Å². The molecular formula is C17H24N2O. The molecule has 2 N–H and O–H groups in total. The zero-order valence-corrected chi connectivity index (χ0v) is 12.4. The summed E-state index contributed by atoms with van der Waals surface area (Å²) < 4.78 is 2.38. The van der Waals surface area contributed by atoms with Crippen molar-refractivity contribution in [2.45, 2.75) is 58.8 Å². The SMILES string of the molecule is CCCn1cc(CCC(C)O)c2cc3c(cc21)CNC3. The predicted molar refractivity (Wildman–Crippen MR) is 82.8 cm³/mol. The highest BCUT2D eigenvalue weighted by Gasteiger charge is 2.16. The third-order valence-electron chi connectivity index (χ3n) is 4.21. The molecule has 0 saturated heterocycles. The Morgan fingerprint density at radius 3 is 2.75 bits per heavy atom. The molecule has 1 aromatic carbocycles. The van der Waals surface area contributed by atoms with Crippen LogP contribution in [0.15, 0.2) is 18.3 Å². The summed E-state index contributed by atoms with van der Waals surface area (Å²) in [6.07, 6.45) is 5.00. The number of aliphatic hydroxyl groups excluding tert-OH is 1. The van der Waals surface area contributed by atoms with Crippen molar-refractivity contribution in [2.75, 3.05) is 0 Å². The van der Waals surface area contributed by atoms with Crippen LogP contribution in [0.25, 0.3) is 10.9 Å². The van der Waals surface area contributed by atoms with Gasteiger partial charge < -0.3 is 15.0 Å². The first-order valence-corrected chi connectivity index (χ1v) is 7.71. The Kier molecular flexibility index (Phi) is 3.81. The van der Waals surface area contributed by atoms with Gasteiger partial charge in [0.15, 0.2) is 0 Å². The second kappa shape index (κ2) is 5.58. The third-order valence-corrected chi connectivity index (χ3v) is 4.21. The molecular weight excluding hydrogens is 248 g/mol. The normalized spacial score (nSPS) is 15.8. The summed E-state index contributed by atoms with van der Waals surface area (Å²) in [6.45, 7) is 7.13. The van der Waals surface area contributed by atoms with Crippen LogP contribution in [-0.4, -0.2) is 15.8 Å². The van der Waals surface area contributed by atoms with E-state index >= 15 is 0 Å². The topological polar surface area (TPSA) is 37.2 Å². The molecule has 3 heteroatoms. The summed E-state index contributed by atoms with van der Waals surface area (Å²) in [4.78, 5) is 0. The van der Waals surface area contributed by atoms with Crippen LogP contribution in [0.4, 0.5) is 0 Å². The average Bonchev–Trinajstić information content (AvgIpc) is 2.99. The van der Waals surface area contributed by atoms with E-state index in [-0.39, 0.29) is 6.10 Å². The van der Waals surface area contributed by atoms with E-state index in [4.69, 9.17) is 0 Å². The van der Waals surface area contributed by atoms with Crippen LogP contribution in [-0.2, 0) is 26.1 Å². The van der Waals surface area contributed by atoms with Gasteiger partial charge in [-0.1, -0.05) is 6.92 Å². The highest BCUT2D eigenvalue weighted by Crippen LogP contribution is 2.29. The molecule has 0 amide bonds. The summed E-state index contributed by atoms with van der Waals surface area (Å²) in [5, 5.41) is 14.3. The molecule has 0 fully saturated rings. The molecule has 2 heterocycles. The Morgan fingerprint density at radius 1 is 1.30 bits per heavy atom. The van der Waals surface area contributed by atoms with E-state index in [0.29, 0.717) is 0 Å². The summed E-state index contributed by atoms with van der Waals surface area (Å²) in [7, 11) is 0. The monoisotopic (exact) mass is 272 g/mol. The van der Waals surface area contributed by atoms with E-state index in [1.54, 1.807) is 0 Å². The molecule has 20 heavy (non-hydrogen) atoms. The number of aromatic nitrogens is 1. The summed E-state index contributed by atoms with van der Waals surface area (Å²) >= 11 is 0. The maximum Gasteiger partial charge on any atom is 0.0515 e. The fourth-order valence-electron chi connectivity index (χ4n) is 3.15. The van der Waals surface area contributed by atoms with Gasteiger partial charge in [0.05, 0.1) is 6.10 Å². The standard InChI is InChI=1S/C17H24N2O/c1-3-6-19-11-13(5-4-12(2)20)16-7-14-9-18-10-15(14)8-17(16)19/h7-8,11-12,18,20H,3-6,9-10H2,1-2H3. The molecule has 0 spiro atoms. The first kappa shape index (κ1) is 13.7. The largest absolute Gasteiger partial charge is 0.393 e. The van der Waals surface area contributed by atoms with Crippen molar-refractivity contribution in [1.29, 1.82) is 0 Å². The van der Waals surface area contributed by atoms with Crippen LogP contribution in [0.2, 0.25) is 0 Å². The van der Waals surface area contributed by atoms with Gasteiger partial charge in [0, 0.05) is 36.7 Å². The zero-order valence-electron chi connectivity index (χ0n) is 12.4. The van der Waals surface area contributed by atoms with Crippen LogP contribution >= 0.6 is 0 Å². The van der Waals surface area contributed by atoms with E-state index < -0.39 is 0 Å². The Morgan fingerprint density at radius 2 is 2.05 bits per heavy atom. The van der Waals surface area contributed by atoms with Crippen molar-refractivity contribution in [3.63, 3.8) is 0 Å². The van der Waals surface area contributed by atoms with Crippen molar-refractivity contribution in [2.24, 2.45) is 0 Å². The number of nitrogens with one attached hydrogen (secondary N) is 1. The number of rotatable bonds is 5. The Balaban J connectivity index is 2.05. The lowest BCUT2D eigenvalue weighted by molar-refractivity contribution is 0.185. The fourth-order valence-corrected chi connectivity index (χ4v) is 3.15. The maximum absolute atomic E-state index is 9.53. The third kappa shape index (κ3) is 2.48. The molecule has 1 aromatic heterocycles. The van der Waals surface area contributed by atoms with Gasteiger partial charge in [-0.3, -0.25) is 0 Å². The van der Waals surface area contributed by atoms with Crippen molar-refractivity contribution in [3.8, 4) is 0 Å². The summed E-state index contributed by atoms with van der Waals surface area (Å²) in [5.41, 5.74) is 5.61. The smallest absolute Gasteiger partial charge is 0.0515 e. The quantitative estimate of drug-likeness (QED) is 0.878. The van der Waals surface area contributed by atoms with Gasteiger partial charge in [-0.15, -0.1) is 0 Å². The molecule has 0 aliphatic carbocycles. The van der Waals surface area contributed by atoms with E-state index in [0.717, 1.165) is 38.9 Å². The molecule has 1 aliphatic rings.